The van der Waals surface area contributed by atoms with Gasteiger partial charge in [0.15, 0.2) is 0 Å². The summed E-state index contributed by atoms with van der Waals surface area (Å²) in [7, 11) is 0. The average Bonchev–Trinajstić information content (AvgIpc) is 2.41. The zero-order valence-corrected chi connectivity index (χ0v) is 11.0. The first-order valence-electron chi connectivity index (χ1n) is 6.91. The fraction of sp³-hybridized carbons (Fsp3) is 0.600. The molecule has 0 heterocycles. The van der Waals surface area contributed by atoms with Crippen LogP contribution in [0, 0.1) is 0 Å². The van der Waals surface area contributed by atoms with Crippen molar-refractivity contribution in [1.29, 1.82) is 0 Å². The van der Waals surface area contributed by atoms with Crippen LogP contribution in [0.25, 0.3) is 0 Å². The molecule has 100 valence electrons. The summed E-state index contributed by atoms with van der Waals surface area (Å²) in [6.45, 7) is 2.07. The third-order valence-electron chi connectivity index (χ3n) is 3.70. The standard InChI is InChI=1S/C15H23NO2/c1-2-12(16)11-7-3-5-9-14(11)18-15-10-6-4-8-13(15)17/h3,5,7,9,12-13,15,17H,2,4,6,8,10,16H2,1H3. The monoisotopic (exact) mass is 249 g/mol. The number of rotatable bonds is 4. The van der Waals surface area contributed by atoms with Gasteiger partial charge in [0.2, 0.25) is 0 Å². The molecule has 0 radical (unpaired) electrons. The van der Waals surface area contributed by atoms with Crippen molar-refractivity contribution in [3.05, 3.63) is 29.8 Å². The van der Waals surface area contributed by atoms with E-state index in [1.165, 1.54) is 0 Å². The van der Waals surface area contributed by atoms with Crippen molar-refractivity contribution < 1.29 is 9.84 Å². The van der Waals surface area contributed by atoms with Gasteiger partial charge in [0, 0.05) is 11.6 Å². The van der Waals surface area contributed by atoms with Crippen LogP contribution in [0.1, 0.15) is 50.6 Å². The Hall–Kier alpha value is -1.06. The van der Waals surface area contributed by atoms with Crippen LogP contribution in [0.15, 0.2) is 24.3 Å². The van der Waals surface area contributed by atoms with Gasteiger partial charge in [0.1, 0.15) is 11.9 Å². The van der Waals surface area contributed by atoms with Crippen molar-refractivity contribution >= 4 is 0 Å². The van der Waals surface area contributed by atoms with Crippen molar-refractivity contribution in [2.24, 2.45) is 5.73 Å². The van der Waals surface area contributed by atoms with E-state index in [0.717, 1.165) is 43.4 Å². The van der Waals surface area contributed by atoms with Gasteiger partial charge in [-0.25, -0.2) is 0 Å². The van der Waals surface area contributed by atoms with Gasteiger partial charge in [-0.15, -0.1) is 0 Å². The first-order chi connectivity index (χ1) is 8.72. The molecular formula is C15H23NO2. The molecule has 3 atom stereocenters. The van der Waals surface area contributed by atoms with E-state index in [1.54, 1.807) is 0 Å². The SMILES string of the molecule is CCC(N)c1ccccc1OC1CCCCC1O. The number of para-hydroxylation sites is 1. The number of aliphatic hydroxyl groups excluding tert-OH is 1. The highest BCUT2D eigenvalue weighted by atomic mass is 16.5. The van der Waals surface area contributed by atoms with Crippen LogP contribution >= 0.6 is 0 Å². The summed E-state index contributed by atoms with van der Waals surface area (Å²) in [5, 5.41) is 9.96. The summed E-state index contributed by atoms with van der Waals surface area (Å²) in [4.78, 5) is 0. The molecular weight excluding hydrogens is 226 g/mol. The van der Waals surface area contributed by atoms with Gasteiger partial charge in [0.25, 0.3) is 0 Å². The summed E-state index contributed by atoms with van der Waals surface area (Å²) in [6, 6.07) is 7.90. The predicted octanol–water partition coefficient (Wildman–Crippen LogP) is 2.78. The smallest absolute Gasteiger partial charge is 0.124 e. The molecule has 3 unspecified atom stereocenters. The molecule has 0 aliphatic heterocycles. The number of hydrogen-bond donors (Lipinski definition) is 2. The largest absolute Gasteiger partial charge is 0.487 e. The Bertz CT molecular complexity index is 381. The minimum atomic E-state index is -0.343. The Kier molecular flexibility index (Phi) is 4.61. The van der Waals surface area contributed by atoms with Gasteiger partial charge < -0.3 is 15.6 Å². The van der Waals surface area contributed by atoms with Gasteiger partial charge in [-0.1, -0.05) is 31.5 Å². The van der Waals surface area contributed by atoms with Crippen molar-refractivity contribution in [1.82, 2.24) is 0 Å². The zero-order chi connectivity index (χ0) is 13.0. The van der Waals surface area contributed by atoms with Crippen LogP contribution in [-0.4, -0.2) is 17.3 Å². The van der Waals surface area contributed by atoms with Crippen LogP contribution in [0.5, 0.6) is 5.75 Å². The molecule has 1 fully saturated rings. The van der Waals surface area contributed by atoms with Gasteiger partial charge in [-0.05, 0) is 31.7 Å². The molecule has 1 aromatic carbocycles. The van der Waals surface area contributed by atoms with Crippen LogP contribution < -0.4 is 10.5 Å². The number of nitrogens with two attached hydrogens (primary N) is 1. The lowest BCUT2D eigenvalue weighted by atomic mass is 9.94. The Morgan fingerprint density at radius 1 is 1.33 bits per heavy atom. The van der Waals surface area contributed by atoms with E-state index in [1.807, 2.05) is 24.3 Å². The maximum Gasteiger partial charge on any atom is 0.124 e. The second-order valence-corrected chi connectivity index (χ2v) is 5.06. The quantitative estimate of drug-likeness (QED) is 0.862. The maximum atomic E-state index is 9.96. The topological polar surface area (TPSA) is 55.5 Å². The van der Waals surface area contributed by atoms with Crippen molar-refractivity contribution in [2.45, 2.75) is 57.3 Å². The average molecular weight is 249 g/mol. The molecule has 0 amide bonds. The molecule has 1 aliphatic carbocycles. The van der Waals surface area contributed by atoms with Crippen LogP contribution in [0.4, 0.5) is 0 Å². The van der Waals surface area contributed by atoms with Crippen LogP contribution in [0.3, 0.4) is 0 Å². The third kappa shape index (κ3) is 3.03. The van der Waals surface area contributed by atoms with Gasteiger partial charge >= 0.3 is 0 Å². The second kappa shape index (κ2) is 6.21. The van der Waals surface area contributed by atoms with Crippen molar-refractivity contribution in [2.75, 3.05) is 0 Å². The Labute approximate surface area is 109 Å². The molecule has 2 rings (SSSR count). The summed E-state index contributed by atoms with van der Waals surface area (Å²) in [5.74, 6) is 0.831. The Morgan fingerprint density at radius 2 is 2.06 bits per heavy atom. The highest BCUT2D eigenvalue weighted by molar-refractivity contribution is 5.36. The van der Waals surface area contributed by atoms with Gasteiger partial charge in [0.05, 0.1) is 6.10 Å². The number of aliphatic hydroxyl groups is 1. The molecule has 1 aliphatic rings. The van der Waals surface area contributed by atoms with Crippen LogP contribution in [-0.2, 0) is 0 Å². The highest BCUT2D eigenvalue weighted by Gasteiger charge is 2.25. The zero-order valence-electron chi connectivity index (χ0n) is 11.0. The maximum absolute atomic E-state index is 9.96. The number of ether oxygens (including phenoxy) is 1. The van der Waals surface area contributed by atoms with E-state index in [-0.39, 0.29) is 18.2 Å². The lowest BCUT2D eigenvalue weighted by Gasteiger charge is -2.29. The predicted molar refractivity (Wildman–Crippen MR) is 72.6 cm³/mol. The molecule has 3 nitrogen and oxygen atoms in total. The fourth-order valence-corrected chi connectivity index (χ4v) is 2.49. The summed E-state index contributed by atoms with van der Waals surface area (Å²) in [5.41, 5.74) is 7.13. The van der Waals surface area contributed by atoms with E-state index in [0.29, 0.717) is 0 Å². The van der Waals surface area contributed by atoms with Crippen molar-refractivity contribution in [3.63, 3.8) is 0 Å². The van der Waals surface area contributed by atoms with E-state index in [4.69, 9.17) is 10.5 Å². The Morgan fingerprint density at radius 3 is 2.78 bits per heavy atom. The highest BCUT2D eigenvalue weighted by Crippen LogP contribution is 2.29. The molecule has 3 heteroatoms. The van der Waals surface area contributed by atoms with Crippen molar-refractivity contribution in [3.8, 4) is 5.75 Å². The normalized spacial score (nSPS) is 25.7. The first-order valence-corrected chi connectivity index (χ1v) is 6.91. The first kappa shape index (κ1) is 13.4. The summed E-state index contributed by atoms with van der Waals surface area (Å²) >= 11 is 0. The molecule has 1 aromatic rings. The Balaban J connectivity index is 2.12. The summed E-state index contributed by atoms with van der Waals surface area (Å²) in [6.07, 6.45) is 4.45. The molecule has 18 heavy (non-hydrogen) atoms. The van der Waals surface area contributed by atoms with E-state index >= 15 is 0 Å². The number of benzene rings is 1. The molecule has 3 N–H and O–H groups in total. The molecule has 0 aromatic heterocycles. The molecule has 0 saturated heterocycles. The molecule has 0 spiro atoms. The van der Waals surface area contributed by atoms with Crippen LogP contribution in [0.2, 0.25) is 0 Å². The molecule has 1 saturated carbocycles. The van der Waals surface area contributed by atoms with E-state index in [2.05, 4.69) is 6.92 Å². The second-order valence-electron chi connectivity index (χ2n) is 5.06. The lowest BCUT2D eigenvalue weighted by Crippen LogP contribution is -2.35. The van der Waals surface area contributed by atoms with Gasteiger partial charge in [-0.2, -0.15) is 0 Å². The van der Waals surface area contributed by atoms with E-state index in [9.17, 15) is 5.11 Å². The minimum absolute atomic E-state index is 0.00179. The number of hydrogen-bond acceptors (Lipinski definition) is 3. The van der Waals surface area contributed by atoms with Gasteiger partial charge in [-0.3, -0.25) is 0 Å². The lowest BCUT2D eigenvalue weighted by molar-refractivity contribution is 0.00623. The minimum Gasteiger partial charge on any atom is -0.487 e. The molecule has 0 bridgehead atoms. The van der Waals surface area contributed by atoms with E-state index < -0.39 is 0 Å². The summed E-state index contributed by atoms with van der Waals surface area (Å²) < 4.78 is 5.99. The third-order valence-corrected chi connectivity index (χ3v) is 3.70. The fourth-order valence-electron chi connectivity index (χ4n) is 2.49.